The van der Waals surface area contributed by atoms with E-state index in [1.165, 1.54) is 18.2 Å². The maximum absolute atomic E-state index is 10.6. The SMILES string of the molecule is O=C(O)c1coc(CNc2ccc([N+](=O)[O-])cc2)c1. The molecule has 0 bridgehead atoms. The number of hydrogen-bond acceptors (Lipinski definition) is 5. The Balaban J connectivity index is 1.97. The summed E-state index contributed by atoms with van der Waals surface area (Å²) in [4.78, 5) is 20.6. The number of nitrogens with one attached hydrogen (secondary N) is 1. The molecule has 0 aliphatic heterocycles. The van der Waals surface area contributed by atoms with Crippen molar-refractivity contribution < 1.29 is 19.2 Å². The molecule has 19 heavy (non-hydrogen) atoms. The molecule has 0 spiro atoms. The van der Waals surface area contributed by atoms with Gasteiger partial charge in [0.2, 0.25) is 0 Å². The number of anilines is 1. The van der Waals surface area contributed by atoms with E-state index in [2.05, 4.69) is 5.32 Å². The van der Waals surface area contributed by atoms with Gasteiger partial charge >= 0.3 is 5.97 Å². The Morgan fingerprint density at radius 3 is 2.58 bits per heavy atom. The minimum atomic E-state index is -1.05. The second-order valence-electron chi connectivity index (χ2n) is 3.76. The average molecular weight is 262 g/mol. The Hall–Kier alpha value is -2.83. The van der Waals surface area contributed by atoms with Crippen LogP contribution in [0.2, 0.25) is 0 Å². The molecule has 0 amide bonds. The monoisotopic (exact) mass is 262 g/mol. The van der Waals surface area contributed by atoms with Crippen LogP contribution in [0.1, 0.15) is 16.1 Å². The molecule has 0 saturated heterocycles. The first-order valence-corrected chi connectivity index (χ1v) is 5.35. The van der Waals surface area contributed by atoms with Crippen molar-refractivity contribution in [3.8, 4) is 0 Å². The summed E-state index contributed by atoms with van der Waals surface area (Å²) < 4.78 is 5.06. The van der Waals surface area contributed by atoms with E-state index in [0.29, 0.717) is 18.0 Å². The quantitative estimate of drug-likeness (QED) is 0.633. The molecule has 0 unspecified atom stereocenters. The molecule has 2 aromatic rings. The Bertz CT molecular complexity index is 603. The molecule has 1 aromatic heterocycles. The van der Waals surface area contributed by atoms with Crippen LogP contribution in [-0.2, 0) is 6.54 Å². The summed E-state index contributed by atoms with van der Waals surface area (Å²) in [6.07, 6.45) is 1.16. The standard InChI is InChI=1S/C12H10N2O5/c15-12(16)8-5-11(19-7-8)6-13-9-1-3-10(4-2-9)14(17)18/h1-5,7,13H,6H2,(H,15,16). The largest absolute Gasteiger partial charge is 0.478 e. The number of hydrogen-bond donors (Lipinski definition) is 2. The lowest BCUT2D eigenvalue weighted by atomic mass is 10.2. The Morgan fingerprint density at radius 2 is 2.05 bits per heavy atom. The van der Waals surface area contributed by atoms with Gasteiger partial charge in [-0.25, -0.2) is 4.79 Å². The smallest absolute Gasteiger partial charge is 0.338 e. The van der Waals surface area contributed by atoms with Gasteiger partial charge in [0.15, 0.2) is 0 Å². The first-order chi connectivity index (χ1) is 9.06. The number of nitro benzene ring substituents is 1. The summed E-state index contributed by atoms with van der Waals surface area (Å²) in [6.45, 7) is 0.297. The predicted molar refractivity (Wildman–Crippen MR) is 66.1 cm³/mol. The second-order valence-corrected chi connectivity index (χ2v) is 3.76. The van der Waals surface area contributed by atoms with Crippen LogP contribution in [-0.4, -0.2) is 16.0 Å². The number of carboxylic acids is 1. The first-order valence-electron chi connectivity index (χ1n) is 5.35. The topological polar surface area (TPSA) is 106 Å². The van der Waals surface area contributed by atoms with Crippen molar-refractivity contribution in [1.82, 2.24) is 0 Å². The number of nitro groups is 1. The fourth-order valence-electron chi connectivity index (χ4n) is 1.48. The van der Waals surface area contributed by atoms with Crippen LogP contribution >= 0.6 is 0 Å². The van der Waals surface area contributed by atoms with E-state index in [4.69, 9.17) is 9.52 Å². The summed E-state index contributed by atoms with van der Waals surface area (Å²) in [5, 5.41) is 22.2. The Morgan fingerprint density at radius 1 is 1.37 bits per heavy atom. The maximum Gasteiger partial charge on any atom is 0.338 e. The van der Waals surface area contributed by atoms with E-state index in [9.17, 15) is 14.9 Å². The molecule has 1 heterocycles. The normalized spacial score (nSPS) is 10.1. The Labute approximate surface area is 107 Å². The van der Waals surface area contributed by atoms with E-state index in [-0.39, 0.29) is 11.3 Å². The number of carboxylic acid groups (broad SMARTS) is 1. The van der Waals surface area contributed by atoms with Gasteiger partial charge in [-0.3, -0.25) is 10.1 Å². The zero-order valence-corrected chi connectivity index (χ0v) is 9.70. The van der Waals surface area contributed by atoms with Crippen molar-refractivity contribution >= 4 is 17.3 Å². The minimum Gasteiger partial charge on any atom is -0.478 e. The molecule has 0 radical (unpaired) electrons. The van der Waals surface area contributed by atoms with Crippen LogP contribution in [0.4, 0.5) is 11.4 Å². The molecule has 0 aliphatic carbocycles. The number of nitrogens with zero attached hydrogens (tertiary/aromatic N) is 1. The lowest BCUT2D eigenvalue weighted by Gasteiger charge is -2.03. The molecule has 2 rings (SSSR count). The van der Waals surface area contributed by atoms with Crippen LogP contribution in [0.5, 0.6) is 0 Å². The van der Waals surface area contributed by atoms with E-state index >= 15 is 0 Å². The van der Waals surface area contributed by atoms with Gasteiger partial charge < -0.3 is 14.8 Å². The molecule has 0 aliphatic rings. The second kappa shape index (κ2) is 5.21. The number of furan rings is 1. The fraction of sp³-hybridized carbons (Fsp3) is 0.0833. The average Bonchev–Trinajstić information content (AvgIpc) is 2.86. The number of rotatable bonds is 5. The molecule has 0 saturated carbocycles. The molecule has 7 heteroatoms. The van der Waals surface area contributed by atoms with Crippen LogP contribution in [0.25, 0.3) is 0 Å². The van der Waals surface area contributed by atoms with Crippen LogP contribution in [0.15, 0.2) is 41.0 Å². The highest BCUT2D eigenvalue weighted by Gasteiger charge is 2.08. The van der Waals surface area contributed by atoms with Gasteiger partial charge in [-0.05, 0) is 18.2 Å². The van der Waals surface area contributed by atoms with E-state index in [0.717, 1.165) is 6.26 Å². The van der Waals surface area contributed by atoms with Gasteiger partial charge in [-0.1, -0.05) is 0 Å². The molecule has 7 nitrogen and oxygen atoms in total. The molecule has 0 fully saturated rings. The van der Waals surface area contributed by atoms with Crippen LogP contribution in [0, 0.1) is 10.1 Å². The molecule has 0 atom stereocenters. The zero-order chi connectivity index (χ0) is 13.8. The van der Waals surface area contributed by atoms with Crippen LogP contribution < -0.4 is 5.32 Å². The highest BCUT2D eigenvalue weighted by molar-refractivity contribution is 5.87. The van der Waals surface area contributed by atoms with Crippen molar-refractivity contribution in [1.29, 1.82) is 0 Å². The molecular weight excluding hydrogens is 252 g/mol. The van der Waals surface area contributed by atoms with Crippen LogP contribution in [0.3, 0.4) is 0 Å². The number of aromatic carboxylic acids is 1. The number of benzene rings is 1. The maximum atomic E-state index is 10.6. The van der Waals surface area contributed by atoms with Gasteiger partial charge in [-0.2, -0.15) is 0 Å². The van der Waals surface area contributed by atoms with Crippen molar-refractivity contribution in [2.75, 3.05) is 5.32 Å². The lowest BCUT2D eigenvalue weighted by Crippen LogP contribution is -1.98. The van der Waals surface area contributed by atoms with Crippen molar-refractivity contribution in [3.63, 3.8) is 0 Å². The third kappa shape index (κ3) is 3.09. The third-order valence-electron chi connectivity index (χ3n) is 2.45. The van der Waals surface area contributed by atoms with Gasteiger partial charge in [0, 0.05) is 17.8 Å². The lowest BCUT2D eigenvalue weighted by molar-refractivity contribution is -0.384. The van der Waals surface area contributed by atoms with Crippen molar-refractivity contribution in [3.05, 3.63) is 58.0 Å². The Kier molecular flexibility index (Phi) is 3.46. The van der Waals surface area contributed by atoms with Gasteiger partial charge in [-0.15, -0.1) is 0 Å². The molecule has 2 N–H and O–H groups in total. The summed E-state index contributed by atoms with van der Waals surface area (Å²) in [7, 11) is 0. The summed E-state index contributed by atoms with van der Waals surface area (Å²) in [5.41, 5.74) is 0.774. The predicted octanol–water partition coefficient (Wildman–Crippen LogP) is 2.50. The highest BCUT2D eigenvalue weighted by Crippen LogP contribution is 2.16. The summed E-state index contributed by atoms with van der Waals surface area (Å²) in [6, 6.07) is 7.32. The molecule has 1 aromatic carbocycles. The zero-order valence-electron chi connectivity index (χ0n) is 9.70. The van der Waals surface area contributed by atoms with Gasteiger partial charge in [0.05, 0.1) is 17.0 Å². The third-order valence-corrected chi connectivity index (χ3v) is 2.45. The summed E-state index contributed by atoms with van der Waals surface area (Å²) >= 11 is 0. The van der Waals surface area contributed by atoms with Crippen molar-refractivity contribution in [2.45, 2.75) is 6.54 Å². The summed E-state index contributed by atoms with van der Waals surface area (Å²) in [5.74, 6) is -0.582. The number of carbonyl (C=O) groups is 1. The van der Waals surface area contributed by atoms with E-state index < -0.39 is 10.9 Å². The van der Waals surface area contributed by atoms with E-state index in [1.807, 2.05) is 0 Å². The molecule has 98 valence electrons. The first kappa shape index (κ1) is 12.6. The van der Waals surface area contributed by atoms with Crippen molar-refractivity contribution in [2.24, 2.45) is 0 Å². The van der Waals surface area contributed by atoms with E-state index in [1.54, 1.807) is 12.1 Å². The fourth-order valence-corrected chi connectivity index (χ4v) is 1.48. The molecular formula is C12H10N2O5. The van der Waals surface area contributed by atoms with Gasteiger partial charge in [0.25, 0.3) is 5.69 Å². The minimum absolute atomic E-state index is 0.0108. The number of non-ortho nitro benzene ring substituents is 1. The van der Waals surface area contributed by atoms with Gasteiger partial charge in [0.1, 0.15) is 12.0 Å². The highest BCUT2D eigenvalue weighted by atomic mass is 16.6.